The molecule has 0 saturated carbocycles. The van der Waals surface area contributed by atoms with Gasteiger partial charge in [-0.2, -0.15) is 11.8 Å². The largest absolute Gasteiger partial charge is 0.162 e. The molecule has 0 rings (SSSR count). The zero-order valence-electron chi connectivity index (χ0n) is 6.99. The SMILES string of the molecule is CCCCCSCCN=[N+]=[N-]. The molecule has 0 amide bonds. The molecule has 3 nitrogen and oxygen atoms in total. The minimum atomic E-state index is 0.632. The molecule has 11 heavy (non-hydrogen) atoms. The first-order chi connectivity index (χ1) is 5.41. The zero-order valence-corrected chi connectivity index (χ0v) is 7.81. The molecule has 0 bridgehead atoms. The Hall–Kier alpha value is -0.340. The predicted octanol–water partition coefficient (Wildman–Crippen LogP) is 3.22. The summed E-state index contributed by atoms with van der Waals surface area (Å²) >= 11 is 1.87. The van der Waals surface area contributed by atoms with Crippen molar-refractivity contribution in [1.82, 2.24) is 0 Å². The summed E-state index contributed by atoms with van der Waals surface area (Å²) in [5, 5.41) is 3.45. The summed E-state index contributed by atoms with van der Waals surface area (Å²) in [5.41, 5.74) is 7.96. The van der Waals surface area contributed by atoms with Crippen molar-refractivity contribution < 1.29 is 0 Å². The van der Waals surface area contributed by atoms with Gasteiger partial charge < -0.3 is 0 Å². The summed E-state index contributed by atoms with van der Waals surface area (Å²) in [7, 11) is 0. The van der Waals surface area contributed by atoms with E-state index in [0.717, 1.165) is 5.75 Å². The lowest BCUT2D eigenvalue weighted by atomic mass is 10.3. The summed E-state index contributed by atoms with van der Waals surface area (Å²) < 4.78 is 0. The van der Waals surface area contributed by atoms with Crippen LogP contribution in [0.1, 0.15) is 26.2 Å². The Kier molecular flexibility index (Phi) is 9.36. The molecule has 0 spiro atoms. The van der Waals surface area contributed by atoms with Crippen LogP contribution in [0.4, 0.5) is 0 Å². The van der Waals surface area contributed by atoms with Gasteiger partial charge in [-0.25, -0.2) is 0 Å². The highest BCUT2D eigenvalue weighted by molar-refractivity contribution is 7.99. The number of hydrogen-bond acceptors (Lipinski definition) is 2. The molecule has 0 unspecified atom stereocenters. The first kappa shape index (κ1) is 10.7. The molecule has 0 aliphatic heterocycles. The first-order valence-electron chi connectivity index (χ1n) is 4.00. The van der Waals surface area contributed by atoms with E-state index in [0.29, 0.717) is 6.54 Å². The fourth-order valence-corrected chi connectivity index (χ4v) is 1.53. The molecule has 0 radical (unpaired) electrons. The van der Waals surface area contributed by atoms with Gasteiger partial charge in [0.15, 0.2) is 0 Å². The number of unbranched alkanes of at least 4 members (excludes halogenated alkanes) is 2. The Morgan fingerprint density at radius 3 is 2.82 bits per heavy atom. The van der Waals surface area contributed by atoms with Crippen LogP contribution in [0.2, 0.25) is 0 Å². The zero-order chi connectivity index (χ0) is 8.36. The third-order valence-corrected chi connectivity index (χ3v) is 2.34. The van der Waals surface area contributed by atoms with Crippen LogP contribution in [0.25, 0.3) is 10.4 Å². The molecule has 0 saturated heterocycles. The fraction of sp³-hybridized carbons (Fsp3) is 1.00. The smallest absolute Gasteiger partial charge is 0.0348 e. The topological polar surface area (TPSA) is 48.8 Å². The fourth-order valence-electron chi connectivity index (χ4n) is 0.706. The van der Waals surface area contributed by atoms with Gasteiger partial charge in [0.2, 0.25) is 0 Å². The highest BCUT2D eigenvalue weighted by Gasteiger charge is 1.87. The van der Waals surface area contributed by atoms with E-state index in [1.807, 2.05) is 11.8 Å². The molecule has 4 heteroatoms. The van der Waals surface area contributed by atoms with Crippen LogP contribution in [-0.2, 0) is 0 Å². The Bertz CT molecular complexity index is 121. The van der Waals surface area contributed by atoms with Crippen molar-refractivity contribution in [3.63, 3.8) is 0 Å². The maximum absolute atomic E-state index is 7.96. The minimum absolute atomic E-state index is 0.632. The molecule has 0 aliphatic rings. The maximum Gasteiger partial charge on any atom is 0.0348 e. The lowest BCUT2D eigenvalue weighted by Crippen LogP contribution is -1.86. The third kappa shape index (κ3) is 9.66. The summed E-state index contributed by atoms with van der Waals surface area (Å²) in [6.07, 6.45) is 3.88. The molecule has 0 aliphatic carbocycles. The average Bonchev–Trinajstić information content (AvgIpc) is 2.03. The highest BCUT2D eigenvalue weighted by atomic mass is 32.2. The number of thioether (sulfide) groups is 1. The first-order valence-corrected chi connectivity index (χ1v) is 5.16. The maximum atomic E-state index is 7.96. The van der Waals surface area contributed by atoms with Crippen LogP contribution in [0.15, 0.2) is 5.11 Å². The molecule has 0 aromatic carbocycles. The van der Waals surface area contributed by atoms with Crippen LogP contribution < -0.4 is 0 Å². The number of hydrogen-bond donors (Lipinski definition) is 0. The normalized spacial score (nSPS) is 9.18. The molecule has 0 heterocycles. The van der Waals surface area contributed by atoms with Gasteiger partial charge in [-0.3, -0.25) is 0 Å². The third-order valence-electron chi connectivity index (χ3n) is 1.29. The van der Waals surface area contributed by atoms with E-state index in [9.17, 15) is 0 Å². The number of rotatable bonds is 7. The van der Waals surface area contributed by atoms with Gasteiger partial charge in [0.25, 0.3) is 0 Å². The van der Waals surface area contributed by atoms with Crippen molar-refractivity contribution in [2.75, 3.05) is 18.1 Å². The van der Waals surface area contributed by atoms with Crippen molar-refractivity contribution >= 4 is 11.8 Å². The highest BCUT2D eigenvalue weighted by Crippen LogP contribution is 2.05. The van der Waals surface area contributed by atoms with Crippen LogP contribution in [0, 0.1) is 0 Å². The van der Waals surface area contributed by atoms with E-state index in [4.69, 9.17) is 5.53 Å². The van der Waals surface area contributed by atoms with Gasteiger partial charge in [-0.1, -0.05) is 24.9 Å². The Morgan fingerprint density at radius 1 is 1.36 bits per heavy atom. The Balaban J connectivity index is 2.84. The van der Waals surface area contributed by atoms with E-state index in [1.165, 1.54) is 25.0 Å². The monoisotopic (exact) mass is 173 g/mol. The number of nitrogens with zero attached hydrogens (tertiary/aromatic N) is 3. The van der Waals surface area contributed by atoms with E-state index in [1.54, 1.807) is 0 Å². The molecule has 0 N–H and O–H groups in total. The molecular weight excluding hydrogens is 158 g/mol. The molecule has 0 fully saturated rings. The van der Waals surface area contributed by atoms with E-state index in [2.05, 4.69) is 16.9 Å². The van der Waals surface area contributed by atoms with Crippen LogP contribution in [-0.4, -0.2) is 18.1 Å². The van der Waals surface area contributed by atoms with E-state index < -0.39 is 0 Å². The van der Waals surface area contributed by atoms with Crippen LogP contribution in [0.5, 0.6) is 0 Å². The van der Waals surface area contributed by atoms with Gasteiger partial charge in [-0.15, -0.1) is 0 Å². The van der Waals surface area contributed by atoms with E-state index in [-0.39, 0.29) is 0 Å². The minimum Gasteiger partial charge on any atom is -0.162 e. The standard InChI is InChI=1S/C7H15N3S/c1-2-3-4-6-11-7-5-9-10-8/h2-7H2,1H3. The second-order valence-corrected chi connectivity index (χ2v) is 3.50. The molecule has 0 aromatic heterocycles. The van der Waals surface area contributed by atoms with Gasteiger partial charge >= 0.3 is 0 Å². The molecular formula is C7H15N3S. The van der Waals surface area contributed by atoms with Crippen molar-refractivity contribution in [3.05, 3.63) is 10.4 Å². The second-order valence-electron chi connectivity index (χ2n) is 2.27. The van der Waals surface area contributed by atoms with Crippen molar-refractivity contribution in [3.8, 4) is 0 Å². The summed E-state index contributed by atoms with van der Waals surface area (Å²) in [6, 6.07) is 0. The van der Waals surface area contributed by atoms with Crippen molar-refractivity contribution in [2.24, 2.45) is 5.11 Å². The van der Waals surface area contributed by atoms with Crippen molar-refractivity contribution in [1.29, 1.82) is 0 Å². The Morgan fingerprint density at radius 2 is 2.18 bits per heavy atom. The van der Waals surface area contributed by atoms with Gasteiger partial charge in [0, 0.05) is 11.5 Å². The van der Waals surface area contributed by atoms with E-state index >= 15 is 0 Å². The average molecular weight is 173 g/mol. The summed E-state index contributed by atoms with van der Waals surface area (Å²) in [5.74, 6) is 2.17. The summed E-state index contributed by atoms with van der Waals surface area (Å²) in [6.45, 7) is 2.83. The summed E-state index contributed by atoms with van der Waals surface area (Å²) in [4.78, 5) is 2.68. The van der Waals surface area contributed by atoms with Gasteiger partial charge in [0.05, 0.1) is 0 Å². The Labute approximate surface area is 72.2 Å². The lowest BCUT2D eigenvalue weighted by molar-refractivity contribution is 0.778. The van der Waals surface area contributed by atoms with Gasteiger partial charge in [-0.05, 0) is 23.5 Å². The molecule has 0 aromatic rings. The molecule has 0 atom stereocenters. The van der Waals surface area contributed by atoms with Crippen LogP contribution in [0.3, 0.4) is 0 Å². The second kappa shape index (κ2) is 9.66. The number of azide groups is 1. The quantitative estimate of drug-likeness (QED) is 0.252. The lowest BCUT2D eigenvalue weighted by Gasteiger charge is -1.96. The molecule has 64 valence electrons. The van der Waals surface area contributed by atoms with Crippen LogP contribution >= 0.6 is 11.8 Å². The van der Waals surface area contributed by atoms with Gasteiger partial charge in [0.1, 0.15) is 0 Å². The van der Waals surface area contributed by atoms with Crippen molar-refractivity contribution in [2.45, 2.75) is 26.2 Å². The predicted molar refractivity (Wildman–Crippen MR) is 50.9 cm³/mol.